The minimum atomic E-state index is 0.347. The average molecular weight is 229 g/mol. The second kappa shape index (κ2) is 3.48. The molecule has 5 heteroatoms. The maximum atomic E-state index is 4.48. The molecule has 0 aliphatic carbocycles. The fraction of sp³-hybridized carbons (Fsp3) is 0.333. The average Bonchev–Trinajstić information content (AvgIpc) is 2.72. The van der Waals surface area contributed by atoms with Gasteiger partial charge in [-0.05, 0) is 38.5 Å². The van der Waals surface area contributed by atoms with E-state index >= 15 is 0 Å². The second-order valence-corrected chi connectivity index (χ2v) is 4.61. The highest BCUT2D eigenvalue weighted by Gasteiger charge is 2.09. The van der Waals surface area contributed by atoms with Crippen molar-refractivity contribution < 1.29 is 0 Å². The third kappa shape index (κ3) is 1.63. The Kier molecular flexibility index (Phi) is 2.07. The molecule has 88 valence electrons. The number of nitrogens with zero attached hydrogens (tertiary/aromatic N) is 3. The number of rotatable bonds is 2. The Morgan fingerprint density at radius 3 is 2.88 bits per heavy atom. The standard InChI is InChI=1S/C12H15N5/c1-7(2)13-11-15-12-14-9-6-8(3)4-5-10(9)17(12)16-11/h4-7H,1-3H3,(H2,13,14,15,16). The lowest BCUT2D eigenvalue weighted by Crippen LogP contribution is -2.10. The molecule has 0 spiro atoms. The van der Waals surface area contributed by atoms with Crippen molar-refractivity contribution in [2.24, 2.45) is 0 Å². The van der Waals surface area contributed by atoms with Crippen molar-refractivity contribution in [1.29, 1.82) is 0 Å². The van der Waals surface area contributed by atoms with Crippen LogP contribution in [0.4, 0.5) is 5.95 Å². The molecule has 17 heavy (non-hydrogen) atoms. The summed E-state index contributed by atoms with van der Waals surface area (Å²) in [5.74, 6) is 1.46. The zero-order valence-electron chi connectivity index (χ0n) is 10.2. The van der Waals surface area contributed by atoms with Crippen LogP contribution < -0.4 is 5.32 Å². The van der Waals surface area contributed by atoms with Crippen LogP contribution in [0.5, 0.6) is 0 Å². The minimum absolute atomic E-state index is 0.347. The molecule has 2 heterocycles. The Morgan fingerprint density at radius 2 is 2.12 bits per heavy atom. The molecule has 3 rings (SSSR count). The van der Waals surface area contributed by atoms with Gasteiger partial charge in [0.25, 0.3) is 5.78 Å². The molecule has 3 aromatic rings. The van der Waals surface area contributed by atoms with Crippen LogP contribution in [-0.4, -0.2) is 25.6 Å². The first-order valence-corrected chi connectivity index (χ1v) is 5.75. The van der Waals surface area contributed by atoms with E-state index in [1.165, 1.54) is 5.56 Å². The topological polar surface area (TPSA) is 58.0 Å². The van der Waals surface area contributed by atoms with Gasteiger partial charge in [-0.15, -0.1) is 0 Å². The summed E-state index contributed by atoms with van der Waals surface area (Å²) in [7, 11) is 0. The lowest BCUT2D eigenvalue weighted by Gasteiger charge is -2.04. The normalized spacial score (nSPS) is 11.8. The number of aromatic nitrogens is 4. The molecule has 2 N–H and O–H groups in total. The molecular weight excluding hydrogens is 214 g/mol. The first kappa shape index (κ1) is 10.1. The molecule has 0 unspecified atom stereocenters. The number of anilines is 1. The smallest absolute Gasteiger partial charge is 0.253 e. The fourth-order valence-electron chi connectivity index (χ4n) is 1.93. The molecule has 0 amide bonds. The van der Waals surface area contributed by atoms with Gasteiger partial charge in [0.15, 0.2) is 0 Å². The highest BCUT2D eigenvalue weighted by atomic mass is 15.4. The number of aryl methyl sites for hydroxylation is 1. The van der Waals surface area contributed by atoms with Crippen LogP contribution in [0.3, 0.4) is 0 Å². The largest absolute Gasteiger partial charge is 0.352 e. The molecule has 0 aliphatic heterocycles. The number of hydrogen-bond acceptors (Lipinski definition) is 3. The summed E-state index contributed by atoms with van der Waals surface area (Å²) in [6.07, 6.45) is 0. The van der Waals surface area contributed by atoms with Gasteiger partial charge in [-0.1, -0.05) is 6.07 Å². The molecule has 0 aliphatic rings. The molecule has 0 saturated heterocycles. The van der Waals surface area contributed by atoms with Crippen molar-refractivity contribution in [3.63, 3.8) is 0 Å². The zero-order valence-corrected chi connectivity index (χ0v) is 10.2. The van der Waals surface area contributed by atoms with Crippen LogP contribution in [0.15, 0.2) is 18.2 Å². The van der Waals surface area contributed by atoms with Crippen molar-refractivity contribution in [2.45, 2.75) is 26.8 Å². The first-order valence-electron chi connectivity index (χ1n) is 5.75. The predicted octanol–water partition coefficient (Wildman–Crippen LogP) is 2.34. The molecule has 0 radical (unpaired) electrons. The van der Waals surface area contributed by atoms with Crippen LogP contribution in [0.25, 0.3) is 16.8 Å². The van der Waals surface area contributed by atoms with Gasteiger partial charge in [0.2, 0.25) is 5.95 Å². The van der Waals surface area contributed by atoms with Crippen LogP contribution in [-0.2, 0) is 0 Å². The number of benzene rings is 1. The van der Waals surface area contributed by atoms with Crippen molar-refractivity contribution in [2.75, 3.05) is 5.32 Å². The maximum absolute atomic E-state index is 4.48. The summed E-state index contributed by atoms with van der Waals surface area (Å²) >= 11 is 0. The SMILES string of the molecule is Cc1ccc2c(c1)nc1nc(NC(C)C)[nH]n12. The van der Waals surface area contributed by atoms with Crippen LogP contribution in [0.1, 0.15) is 19.4 Å². The van der Waals surface area contributed by atoms with Gasteiger partial charge >= 0.3 is 0 Å². The van der Waals surface area contributed by atoms with Gasteiger partial charge in [-0.2, -0.15) is 4.98 Å². The number of aromatic amines is 1. The highest BCUT2D eigenvalue weighted by molar-refractivity contribution is 5.80. The van der Waals surface area contributed by atoms with Crippen LogP contribution in [0, 0.1) is 6.92 Å². The number of hydrogen-bond donors (Lipinski definition) is 2. The Bertz CT molecular complexity index is 677. The summed E-state index contributed by atoms with van der Waals surface area (Å²) in [5, 5.41) is 6.43. The van der Waals surface area contributed by atoms with Crippen molar-refractivity contribution in [3.8, 4) is 0 Å². The van der Waals surface area contributed by atoms with E-state index in [2.05, 4.69) is 59.4 Å². The van der Waals surface area contributed by atoms with Gasteiger partial charge in [0.1, 0.15) is 0 Å². The van der Waals surface area contributed by atoms with E-state index in [0.717, 1.165) is 17.0 Å². The summed E-state index contributed by atoms with van der Waals surface area (Å²) in [6, 6.07) is 6.54. The van der Waals surface area contributed by atoms with Crippen molar-refractivity contribution in [3.05, 3.63) is 23.8 Å². The third-order valence-corrected chi connectivity index (χ3v) is 2.65. The Hall–Kier alpha value is -2.04. The van der Waals surface area contributed by atoms with E-state index in [4.69, 9.17) is 0 Å². The Morgan fingerprint density at radius 1 is 1.29 bits per heavy atom. The molecule has 0 saturated carbocycles. The summed E-state index contributed by atoms with van der Waals surface area (Å²) in [5.41, 5.74) is 3.23. The molecule has 2 aromatic heterocycles. The summed E-state index contributed by atoms with van der Waals surface area (Å²) in [6.45, 7) is 6.21. The van der Waals surface area contributed by atoms with Gasteiger partial charge in [0, 0.05) is 6.04 Å². The van der Waals surface area contributed by atoms with E-state index in [0.29, 0.717) is 11.8 Å². The molecule has 0 fully saturated rings. The zero-order chi connectivity index (χ0) is 12.0. The Labute approximate surface area is 98.9 Å². The van der Waals surface area contributed by atoms with Gasteiger partial charge in [0.05, 0.1) is 11.0 Å². The minimum Gasteiger partial charge on any atom is -0.352 e. The van der Waals surface area contributed by atoms with Gasteiger partial charge in [-0.3, -0.25) is 5.10 Å². The first-order chi connectivity index (χ1) is 8.13. The summed E-state index contributed by atoms with van der Waals surface area (Å²) in [4.78, 5) is 8.89. The highest BCUT2D eigenvalue weighted by Crippen LogP contribution is 2.17. The van der Waals surface area contributed by atoms with E-state index < -0.39 is 0 Å². The molecular formula is C12H15N5. The van der Waals surface area contributed by atoms with Gasteiger partial charge in [-0.25, -0.2) is 9.50 Å². The predicted molar refractivity (Wildman–Crippen MR) is 68.3 cm³/mol. The molecule has 5 nitrogen and oxygen atoms in total. The molecule has 1 aromatic carbocycles. The lowest BCUT2D eigenvalue weighted by molar-refractivity contribution is 0.870. The van der Waals surface area contributed by atoms with Crippen LogP contribution in [0.2, 0.25) is 0 Å². The summed E-state index contributed by atoms with van der Waals surface area (Å²) < 4.78 is 1.90. The van der Waals surface area contributed by atoms with E-state index in [-0.39, 0.29) is 0 Å². The van der Waals surface area contributed by atoms with Crippen LogP contribution >= 0.6 is 0 Å². The number of H-pyrrole nitrogens is 1. The van der Waals surface area contributed by atoms with Crippen molar-refractivity contribution >= 4 is 22.8 Å². The monoisotopic (exact) mass is 229 g/mol. The van der Waals surface area contributed by atoms with E-state index in [9.17, 15) is 0 Å². The maximum Gasteiger partial charge on any atom is 0.253 e. The van der Waals surface area contributed by atoms with Crippen molar-refractivity contribution in [1.82, 2.24) is 19.6 Å². The fourth-order valence-corrected chi connectivity index (χ4v) is 1.93. The van der Waals surface area contributed by atoms with E-state index in [1.54, 1.807) is 0 Å². The third-order valence-electron chi connectivity index (χ3n) is 2.65. The van der Waals surface area contributed by atoms with Gasteiger partial charge < -0.3 is 5.32 Å². The number of imidazole rings is 1. The second-order valence-electron chi connectivity index (χ2n) is 4.61. The number of fused-ring (bicyclic) bond motifs is 3. The molecule has 0 bridgehead atoms. The molecule has 0 atom stereocenters. The number of nitrogens with one attached hydrogen (secondary N) is 2. The van der Waals surface area contributed by atoms with E-state index in [1.807, 2.05) is 4.52 Å². The lowest BCUT2D eigenvalue weighted by atomic mass is 10.2. The Balaban J connectivity index is 2.18. The quantitative estimate of drug-likeness (QED) is 0.709.